The Balaban J connectivity index is 1.57. The van der Waals surface area contributed by atoms with Crippen LogP contribution in [0.25, 0.3) is 0 Å². The Morgan fingerprint density at radius 2 is 1.81 bits per heavy atom. The molecule has 0 saturated carbocycles. The molecule has 134 valence electrons. The molecule has 1 aliphatic rings. The van der Waals surface area contributed by atoms with Gasteiger partial charge in [0, 0.05) is 36.5 Å². The highest BCUT2D eigenvalue weighted by Gasteiger charge is 2.31. The van der Waals surface area contributed by atoms with E-state index in [4.69, 9.17) is 0 Å². The van der Waals surface area contributed by atoms with E-state index in [9.17, 15) is 19.7 Å². The van der Waals surface area contributed by atoms with Crippen molar-refractivity contribution in [3.63, 3.8) is 0 Å². The van der Waals surface area contributed by atoms with Crippen molar-refractivity contribution < 1.29 is 14.5 Å². The number of anilines is 2. The second-order valence-corrected chi connectivity index (χ2v) is 6.14. The molecule has 1 unspecified atom stereocenters. The number of benzene rings is 2. The van der Waals surface area contributed by atoms with Crippen LogP contribution in [0, 0.1) is 17.0 Å². The summed E-state index contributed by atoms with van der Waals surface area (Å²) in [6.45, 7) is 2.37. The van der Waals surface area contributed by atoms with E-state index in [0.717, 1.165) is 11.3 Å². The van der Waals surface area contributed by atoms with E-state index in [0.29, 0.717) is 12.2 Å². The quantitative estimate of drug-likeness (QED) is 0.650. The SMILES string of the molecule is Cc1ccc(N2CC(NC(=O)Nc3ccc([N+](=O)[O-])cc3)CC2=O)cc1. The molecule has 0 radical (unpaired) electrons. The second-order valence-electron chi connectivity index (χ2n) is 6.14. The average Bonchev–Trinajstić information content (AvgIpc) is 2.96. The summed E-state index contributed by atoms with van der Waals surface area (Å²) < 4.78 is 0. The highest BCUT2D eigenvalue weighted by Crippen LogP contribution is 2.22. The predicted octanol–water partition coefficient (Wildman–Crippen LogP) is 2.83. The van der Waals surface area contributed by atoms with Crippen LogP contribution in [0.2, 0.25) is 0 Å². The number of nitro groups is 1. The number of carbonyl (C=O) groups is 2. The number of hydrogen-bond acceptors (Lipinski definition) is 4. The molecule has 1 fully saturated rings. The first-order valence-electron chi connectivity index (χ1n) is 8.11. The highest BCUT2D eigenvalue weighted by atomic mass is 16.6. The summed E-state index contributed by atoms with van der Waals surface area (Å²) in [4.78, 5) is 36.1. The Labute approximate surface area is 150 Å². The van der Waals surface area contributed by atoms with E-state index >= 15 is 0 Å². The number of urea groups is 1. The smallest absolute Gasteiger partial charge is 0.319 e. The van der Waals surface area contributed by atoms with Crippen molar-refractivity contribution in [3.05, 3.63) is 64.2 Å². The van der Waals surface area contributed by atoms with Gasteiger partial charge in [-0.15, -0.1) is 0 Å². The third-order valence-electron chi connectivity index (χ3n) is 4.14. The van der Waals surface area contributed by atoms with Gasteiger partial charge in [-0.25, -0.2) is 4.79 Å². The fourth-order valence-electron chi connectivity index (χ4n) is 2.80. The number of amides is 3. The maximum atomic E-state index is 12.2. The summed E-state index contributed by atoms with van der Waals surface area (Å²) in [5, 5.41) is 16.0. The van der Waals surface area contributed by atoms with E-state index in [1.807, 2.05) is 31.2 Å². The largest absolute Gasteiger partial charge is 0.333 e. The number of nitro benzene ring substituents is 1. The minimum absolute atomic E-state index is 0.0468. The summed E-state index contributed by atoms with van der Waals surface area (Å²) in [5.74, 6) is -0.0468. The van der Waals surface area contributed by atoms with E-state index in [-0.39, 0.29) is 24.1 Å². The van der Waals surface area contributed by atoms with Crippen molar-refractivity contribution >= 4 is 29.0 Å². The lowest BCUT2D eigenvalue weighted by molar-refractivity contribution is -0.384. The molecule has 2 aromatic rings. The van der Waals surface area contributed by atoms with Crippen LogP contribution in [0.4, 0.5) is 21.9 Å². The Bertz CT molecular complexity index is 833. The number of rotatable bonds is 4. The lowest BCUT2D eigenvalue weighted by atomic mass is 10.2. The van der Waals surface area contributed by atoms with Gasteiger partial charge in [0.2, 0.25) is 5.91 Å². The molecule has 8 heteroatoms. The van der Waals surface area contributed by atoms with Crippen LogP contribution in [0.3, 0.4) is 0 Å². The molecular weight excluding hydrogens is 336 g/mol. The molecule has 26 heavy (non-hydrogen) atoms. The zero-order chi connectivity index (χ0) is 18.7. The van der Waals surface area contributed by atoms with Gasteiger partial charge in [0.15, 0.2) is 0 Å². The van der Waals surface area contributed by atoms with Crippen LogP contribution in [-0.2, 0) is 4.79 Å². The highest BCUT2D eigenvalue weighted by molar-refractivity contribution is 5.97. The van der Waals surface area contributed by atoms with Crippen LogP contribution in [0.15, 0.2) is 48.5 Å². The first-order chi connectivity index (χ1) is 12.4. The first-order valence-corrected chi connectivity index (χ1v) is 8.11. The fraction of sp³-hybridized carbons (Fsp3) is 0.222. The fourth-order valence-corrected chi connectivity index (χ4v) is 2.80. The lowest BCUT2D eigenvalue weighted by Gasteiger charge is -2.17. The Kier molecular flexibility index (Phi) is 4.83. The normalized spacial score (nSPS) is 16.4. The van der Waals surface area contributed by atoms with Crippen LogP contribution in [-0.4, -0.2) is 29.4 Å². The number of aryl methyl sites for hydroxylation is 1. The van der Waals surface area contributed by atoms with Crippen molar-refractivity contribution in [1.29, 1.82) is 0 Å². The van der Waals surface area contributed by atoms with Gasteiger partial charge in [0.1, 0.15) is 0 Å². The van der Waals surface area contributed by atoms with Gasteiger partial charge in [0.05, 0.1) is 11.0 Å². The molecule has 1 atom stereocenters. The standard InChI is InChI=1S/C18H18N4O4/c1-12-2-6-15(7-3-12)21-11-14(10-17(21)23)20-18(24)19-13-4-8-16(9-5-13)22(25)26/h2-9,14H,10-11H2,1H3,(H2,19,20,24). The minimum atomic E-state index is -0.506. The van der Waals surface area contributed by atoms with Gasteiger partial charge in [-0.05, 0) is 31.2 Å². The number of nitrogens with one attached hydrogen (secondary N) is 2. The maximum Gasteiger partial charge on any atom is 0.319 e. The zero-order valence-corrected chi connectivity index (χ0v) is 14.1. The average molecular weight is 354 g/mol. The van der Waals surface area contributed by atoms with E-state index in [2.05, 4.69) is 10.6 Å². The topological polar surface area (TPSA) is 105 Å². The van der Waals surface area contributed by atoms with Crippen molar-refractivity contribution in [3.8, 4) is 0 Å². The summed E-state index contributed by atoms with van der Waals surface area (Å²) in [5.41, 5.74) is 2.30. The number of hydrogen-bond donors (Lipinski definition) is 2. The van der Waals surface area contributed by atoms with Crippen LogP contribution in [0.5, 0.6) is 0 Å². The Morgan fingerprint density at radius 1 is 1.15 bits per heavy atom. The molecule has 0 bridgehead atoms. The third-order valence-corrected chi connectivity index (χ3v) is 4.14. The van der Waals surface area contributed by atoms with Gasteiger partial charge < -0.3 is 15.5 Å². The van der Waals surface area contributed by atoms with Gasteiger partial charge in [0.25, 0.3) is 5.69 Å². The van der Waals surface area contributed by atoms with Crippen molar-refractivity contribution in [2.24, 2.45) is 0 Å². The zero-order valence-electron chi connectivity index (χ0n) is 14.1. The monoisotopic (exact) mass is 354 g/mol. The van der Waals surface area contributed by atoms with Crippen molar-refractivity contribution in [2.75, 3.05) is 16.8 Å². The number of nitrogens with zero attached hydrogens (tertiary/aromatic N) is 2. The summed E-state index contributed by atoms with van der Waals surface area (Å²) >= 11 is 0. The first kappa shape index (κ1) is 17.4. The van der Waals surface area contributed by atoms with Crippen molar-refractivity contribution in [2.45, 2.75) is 19.4 Å². The Morgan fingerprint density at radius 3 is 2.42 bits per heavy atom. The van der Waals surface area contributed by atoms with Crippen molar-refractivity contribution in [1.82, 2.24) is 5.32 Å². The lowest BCUT2D eigenvalue weighted by Crippen LogP contribution is -2.39. The summed E-state index contributed by atoms with van der Waals surface area (Å²) in [6.07, 6.45) is 0.224. The third kappa shape index (κ3) is 3.97. The molecule has 3 rings (SSSR count). The van der Waals surface area contributed by atoms with Gasteiger partial charge >= 0.3 is 6.03 Å². The number of non-ortho nitro benzene ring substituents is 1. The van der Waals surface area contributed by atoms with Gasteiger partial charge in [-0.3, -0.25) is 14.9 Å². The maximum absolute atomic E-state index is 12.2. The van der Waals surface area contributed by atoms with Crippen LogP contribution in [0.1, 0.15) is 12.0 Å². The molecule has 1 heterocycles. The van der Waals surface area contributed by atoms with Crippen LogP contribution >= 0.6 is 0 Å². The summed E-state index contributed by atoms with van der Waals surface area (Å²) in [6, 6.07) is 12.4. The molecule has 3 amide bonds. The molecule has 0 spiro atoms. The summed E-state index contributed by atoms with van der Waals surface area (Å²) in [7, 11) is 0. The molecule has 1 saturated heterocycles. The predicted molar refractivity (Wildman–Crippen MR) is 97.2 cm³/mol. The van der Waals surface area contributed by atoms with Gasteiger partial charge in [-0.1, -0.05) is 17.7 Å². The molecule has 2 N–H and O–H groups in total. The van der Waals surface area contributed by atoms with E-state index in [1.165, 1.54) is 24.3 Å². The van der Waals surface area contributed by atoms with E-state index in [1.54, 1.807) is 4.90 Å². The van der Waals surface area contributed by atoms with Gasteiger partial charge in [-0.2, -0.15) is 0 Å². The second kappa shape index (κ2) is 7.22. The molecule has 8 nitrogen and oxygen atoms in total. The molecule has 0 aliphatic carbocycles. The van der Waals surface area contributed by atoms with E-state index < -0.39 is 11.0 Å². The van der Waals surface area contributed by atoms with Crippen LogP contribution < -0.4 is 15.5 Å². The molecule has 2 aromatic carbocycles. The number of carbonyl (C=O) groups excluding carboxylic acids is 2. The molecule has 1 aliphatic heterocycles. The Hall–Kier alpha value is -3.42. The molecular formula is C18H18N4O4. The minimum Gasteiger partial charge on any atom is -0.333 e. The molecule has 0 aromatic heterocycles.